The third-order valence-corrected chi connectivity index (χ3v) is 5.72. The van der Waals surface area contributed by atoms with E-state index in [2.05, 4.69) is 51.9 Å². The highest BCUT2D eigenvalue weighted by Crippen LogP contribution is 2.22. The van der Waals surface area contributed by atoms with Crippen LogP contribution in [0.1, 0.15) is 44.0 Å². The van der Waals surface area contributed by atoms with Gasteiger partial charge in [0.2, 0.25) is 0 Å². The number of fused-ring (bicyclic) bond motifs is 1. The summed E-state index contributed by atoms with van der Waals surface area (Å²) >= 11 is 0. The van der Waals surface area contributed by atoms with E-state index in [9.17, 15) is 9.59 Å². The minimum Gasteiger partial charge on any atom is -0.352 e. The molecule has 31 heavy (non-hydrogen) atoms. The molecule has 0 saturated heterocycles. The Hall–Kier alpha value is -3.48. The standard InChI is InChI=1S/C24H27N5O2/c1-17-4-6-18(7-5-17)8-11-26-24(31)21-16-28-29-12-9-19(13-22(21)29)14-27-23(30)20-3-2-10-25-15-20/h2-7,10,15-16,19H,8-9,11-14H2,1H3,(H,26,31)(H,27,30)/t19-/m1/s1. The van der Waals surface area contributed by atoms with Crippen LogP contribution >= 0.6 is 0 Å². The molecular weight excluding hydrogens is 390 g/mol. The van der Waals surface area contributed by atoms with Crippen LogP contribution in [0.3, 0.4) is 0 Å². The predicted molar refractivity (Wildman–Crippen MR) is 118 cm³/mol. The summed E-state index contributed by atoms with van der Waals surface area (Å²) in [5, 5.41) is 10.4. The van der Waals surface area contributed by atoms with Crippen LogP contribution < -0.4 is 10.6 Å². The lowest BCUT2D eigenvalue weighted by atomic mass is 9.94. The molecule has 0 radical (unpaired) electrons. The SMILES string of the molecule is Cc1ccc(CCNC(=O)c2cnn3c2C[C@H](CNC(=O)c2cccnc2)CC3)cc1. The van der Waals surface area contributed by atoms with Crippen molar-refractivity contribution >= 4 is 11.8 Å². The molecule has 1 aliphatic heterocycles. The maximum absolute atomic E-state index is 12.7. The summed E-state index contributed by atoms with van der Waals surface area (Å²) in [7, 11) is 0. The first-order valence-electron chi connectivity index (χ1n) is 10.7. The number of hydrogen-bond donors (Lipinski definition) is 2. The van der Waals surface area contributed by atoms with Crippen LogP contribution in [0.15, 0.2) is 55.0 Å². The van der Waals surface area contributed by atoms with Crippen molar-refractivity contribution in [3.63, 3.8) is 0 Å². The van der Waals surface area contributed by atoms with Crippen LogP contribution in [0.5, 0.6) is 0 Å². The summed E-state index contributed by atoms with van der Waals surface area (Å²) in [5.41, 5.74) is 4.56. The molecule has 0 fully saturated rings. The average Bonchev–Trinajstić information content (AvgIpc) is 3.22. The molecule has 7 nitrogen and oxygen atoms in total. The quantitative estimate of drug-likeness (QED) is 0.618. The van der Waals surface area contributed by atoms with Crippen LogP contribution in [-0.4, -0.2) is 39.7 Å². The molecule has 0 spiro atoms. The highest BCUT2D eigenvalue weighted by molar-refractivity contribution is 5.95. The first kappa shape index (κ1) is 20.8. The number of carbonyl (C=O) groups excluding carboxylic acids is 2. The lowest BCUT2D eigenvalue weighted by Crippen LogP contribution is -2.34. The molecule has 2 aromatic heterocycles. The van der Waals surface area contributed by atoms with Gasteiger partial charge in [-0.2, -0.15) is 5.10 Å². The van der Waals surface area contributed by atoms with Crippen molar-refractivity contribution < 1.29 is 9.59 Å². The Morgan fingerprint density at radius 2 is 1.94 bits per heavy atom. The molecule has 1 atom stereocenters. The first-order valence-corrected chi connectivity index (χ1v) is 10.7. The highest BCUT2D eigenvalue weighted by Gasteiger charge is 2.25. The van der Waals surface area contributed by atoms with E-state index in [1.54, 1.807) is 30.7 Å². The number of hydrogen-bond acceptors (Lipinski definition) is 4. The van der Waals surface area contributed by atoms with Gasteiger partial charge in [-0.05, 0) is 49.8 Å². The number of pyridine rings is 1. The van der Waals surface area contributed by atoms with Gasteiger partial charge in [0, 0.05) is 32.0 Å². The van der Waals surface area contributed by atoms with Gasteiger partial charge in [-0.1, -0.05) is 29.8 Å². The second-order valence-electron chi connectivity index (χ2n) is 8.03. The molecule has 0 unspecified atom stereocenters. The van der Waals surface area contributed by atoms with Gasteiger partial charge in [0.1, 0.15) is 0 Å². The van der Waals surface area contributed by atoms with Crippen molar-refractivity contribution in [2.75, 3.05) is 13.1 Å². The number of aryl methyl sites for hydroxylation is 2. The van der Waals surface area contributed by atoms with Crippen molar-refractivity contribution in [1.29, 1.82) is 0 Å². The van der Waals surface area contributed by atoms with E-state index in [0.29, 0.717) is 30.6 Å². The molecule has 160 valence electrons. The molecule has 7 heteroatoms. The van der Waals surface area contributed by atoms with Gasteiger partial charge in [-0.15, -0.1) is 0 Å². The number of rotatable bonds is 7. The zero-order valence-corrected chi connectivity index (χ0v) is 17.7. The van der Waals surface area contributed by atoms with Gasteiger partial charge in [0.15, 0.2) is 0 Å². The van der Waals surface area contributed by atoms with Gasteiger partial charge in [-0.3, -0.25) is 19.3 Å². The number of aromatic nitrogens is 3. The van der Waals surface area contributed by atoms with Crippen LogP contribution in [0.2, 0.25) is 0 Å². The summed E-state index contributed by atoms with van der Waals surface area (Å²) in [4.78, 5) is 29.0. The van der Waals surface area contributed by atoms with Crippen molar-refractivity contribution in [2.45, 2.75) is 32.7 Å². The van der Waals surface area contributed by atoms with E-state index in [4.69, 9.17) is 0 Å². The number of benzene rings is 1. The fourth-order valence-electron chi connectivity index (χ4n) is 3.87. The lowest BCUT2D eigenvalue weighted by Gasteiger charge is -2.24. The molecule has 0 aliphatic carbocycles. The lowest BCUT2D eigenvalue weighted by molar-refractivity contribution is 0.0935. The number of nitrogens with zero attached hydrogens (tertiary/aromatic N) is 3. The third-order valence-electron chi connectivity index (χ3n) is 5.72. The minimum atomic E-state index is -0.124. The van der Waals surface area contributed by atoms with E-state index >= 15 is 0 Å². The van der Waals surface area contributed by atoms with Gasteiger partial charge in [0.25, 0.3) is 11.8 Å². The number of carbonyl (C=O) groups is 2. The molecule has 1 aliphatic rings. The summed E-state index contributed by atoms with van der Waals surface area (Å²) in [5.74, 6) is 0.0543. The Bertz CT molecular complexity index is 1040. The van der Waals surface area contributed by atoms with E-state index < -0.39 is 0 Å². The summed E-state index contributed by atoms with van der Waals surface area (Å²) in [6.45, 7) is 3.95. The molecule has 2 N–H and O–H groups in total. The average molecular weight is 418 g/mol. The summed E-state index contributed by atoms with van der Waals surface area (Å²) in [6.07, 6.45) is 7.28. The predicted octanol–water partition coefficient (Wildman–Crippen LogP) is 2.55. The van der Waals surface area contributed by atoms with Crippen molar-refractivity contribution in [2.24, 2.45) is 5.92 Å². The van der Waals surface area contributed by atoms with E-state index in [0.717, 1.165) is 25.1 Å². The second-order valence-corrected chi connectivity index (χ2v) is 8.03. The Kier molecular flexibility index (Phi) is 6.40. The van der Waals surface area contributed by atoms with Crippen LogP contribution in [-0.2, 0) is 19.4 Å². The molecule has 1 aromatic carbocycles. The van der Waals surface area contributed by atoms with Gasteiger partial charge in [0.05, 0.1) is 23.0 Å². The Balaban J connectivity index is 1.31. The normalized spacial score (nSPS) is 15.2. The van der Waals surface area contributed by atoms with E-state index in [1.165, 1.54) is 11.1 Å². The summed E-state index contributed by atoms with van der Waals surface area (Å²) in [6, 6.07) is 11.8. The van der Waals surface area contributed by atoms with Crippen molar-refractivity contribution in [1.82, 2.24) is 25.4 Å². The van der Waals surface area contributed by atoms with Crippen LogP contribution in [0, 0.1) is 12.8 Å². The highest BCUT2D eigenvalue weighted by atomic mass is 16.2. The fraction of sp³-hybridized carbons (Fsp3) is 0.333. The second kappa shape index (κ2) is 9.55. The van der Waals surface area contributed by atoms with E-state index in [1.807, 2.05) is 4.68 Å². The largest absolute Gasteiger partial charge is 0.352 e. The van der Waals surface area contributed by atoms with Gasteiger partial charge >= 0.3 is 0 Å². The number of nitrogens with one attached hydrogen (secondary N) is 2. The maximum atomic E-state index is 12.7. The van der Waals surface area contributed by atoms with Crippen molar-refractivity contribution in [3.8, 4) is 0 Å². The zero-order valence-electron chi connectivity index (χ0n) is 17.7. The summed E-state index contributed by atoms with van der Waals surface area (Å²) < 4.78 is 1.91. The fourth-order valence-corrected chi connectivity index (χ4v) is 3.87. The zero-order chi connectivity index (χ0) is 21.6. The molecule has 4 rings (SSSR count). The smallest absolute Gasteiger partial charge is 0.254 e. The van der Waals surface area contributed by atoms with E-state index in [-0.39, 0.29) is 17.7 Å². The molecule has 0 bridgehead atoms. The Morgan fingerprint density at radius 3 is 2.71 bits per heavy atom. The van der Waals surface area contributed by atoms with Crippen LogP contribution in [0.4, 0.5) is 0 Å². The minimum absolute atomic E-state index is 0.0894. The van der Waals surface area contributed by atoms with Crippen LogP contribution in [0.25, 0.3) is 0 Å². The topological polar surface area (TPSA) is 88.9 Å². The Labute approximate surface area is 181 Å². The Morgan fingerprint density at radius 1 is 1.10 bits per heavy atom. The molecule has 3 heterocycles. The molecule has 3 aromatic rings. The molecular formula is C24H27N5O2. The molecule has 2 amide bonds. The van der Waals surface area contributed by atoms with Gasteiger partial charge < -0.3 is 10.6 Å². The van der Waals surface area contributed by atoms with Crippen molar-refractivity contribution in [3.05, 3.63) is 82.9 Å². The van der Waals surface area contributed by atoms with Gasteiger partial charge in [-0.25, -0.2) is 0 Å². The third kappa shape index (κ3) is 5.17. The monoisotopic (exact) mass is 417 g/mol. The molecule has 0 saturated carbocycles. The maximum Gasteiger partial charge on any atom is 0.254 e. The first-order chi connectivity index (χ1) is 15.1. The number of amides is 2.